The number of amides is 1. The van der Waals surface area contributed by atoms with Crippen LogP contribution in [-0.2, 0) is 32.4 Å². The maximum Gasteiger partial charge on any atom is 0.261 e. The number of benzene rings is 2. The van der Waals surface area contributed by atoms with Crippen LogP contribution < -0.4 is 9.62 Å². The second-order valence-corrected chi connectivity index (χ2v) is 8.22. The highest BCUT2D eigenvalue weighted by Crippen LogP contribution is 2.26. The summed E-state index contributed by atoms with van der Waals surface area (Å²) < 4.78 is 33.0. The van der Waals surface area contributed by atoms with Crippen LogP contribution in [0.2, 0.25) is 0 Å². The van der Waals surface area contributed by atoms with E-state index in [1.165, 1.54) is 5.56 Å². The van der Waals surface area contributed by atoms with Gasteiger partial charge in [0.05, 0.1) is 11.5 Å². The number of sulfonamides is 1. The minimum atomic E-state index is -3.63. The molecule has 2 aliphatic rings. The molecule has 2 aromatic carbocycles. The van der Waals surface area contributed by atoms with E-state index in [1.54, 1.807) is 41.3 Å². The molecule has 0 radical (unpaired) electrons. The van der Waals surface area contributed by atoms with Crippen molar-refractivity contribution in [3.63, 3.8) is 0 Å². The Morgan fingerprint density at radius 1 is 1.00 bits per heavy atom. The SMILES string of the molecule is O=C1COCCN1c1ccc(NS(=O)(=O)c2ccc3c(c2)CCC3)cc1. The number of carbonyl (C=O) groups excluding carboxylic acids is 1. The predicted octanol–water partition coefficient (Wildman–Crippen LogP) is 2.34. The summed E-state index contributed by atoms with van der Waals surface area (Å²) in [6, 6.07) is 12.2. The normalized spacial score (nSPS) is 17.2. The molecule has 4 rings (SSSR count). The number of aryl methyl sites for hydroxylation is 2. The van der Waals surface area contributed by atoms with Crippen molar-refractivity contribution in [1.82, 2.24) is 0 Å². The summed E-state index contributed by atoms with van der Waals surface area (Å²) in [6.45, 7) is 1.07. The predicted molar refractivity (Wildman–Crippen MR) is 98.9 cm³/mol. The van der Waals surface area contributed by atoms with E-state index in [0.717, 1.165) is 30.5 Å². The van der Waals surface area contributed by atoms with Crippen LogP contribution in [-0.4, -0.2) is 34.1 Å². The molecular weight excluding hydrogens is 352 g/mol. The zero-order chi connectivity index (χ0) is 18.1. The number of morpholine rings is 1. The summed E-state index contributed by atoms with van der Waals surface area (Å²) in [6.07, 6.45) is 3.03. The number of fused-ring (bicyclic) bond motifs is 1. The van der Waals surface area contributed by atoms with Crippen LogP contribution >= 0.6 is 0 Å². The fourth-order valence-corrected chi connectivity index (χ4v) is 4.54. The van der Waals surface area contributed by atoms with E-state index >= 15 is 0 Å². The van der Waals surface area contributed by atoms with Gasteiger partial charge in [0.2, 0.25) is 0 Å². The first-order chi connectivity index (χ1) is 12.5. The summed E-state index contributed by atoms with van der Waals surface area (Å²) in [7, 11) is -3.63. The number of hydrogen-bond acceptors (Lipinski definition) is 4. The van der Waals surface area contributed by atoms with Gasteiger partial charge >= 0.3 is 0 Å². The third-order valence-electron chi connectivity index (χ3n) is 4.80. The minimum Gasteiger partial charge on any atom is -0.370 e. The van der Waals surface area contributed by atoms with Gasteiger partial charge < -0.3 is 9.64 Å². The van der Waals surface area contributed by atoms with Gasteiger partial charge in [-0.2, -0.15) is 0 Å². The second-order valence-electron chi connectivity index (χ2n) is 6.53. The van der Waals surface area contributed by atoms with Crippen molar-refractivity contribution in [1.29, 1.82) is 0 Å². The lowest BCUT2D eigenvalue weighted by atomic mass is 10.1. The zero-order valence-corrected chi connectivity index (χ0v) is 15.1. The van der Waals surface area contributed by atoms with Crippen molar-refractivity contribution in [2.24, 2.45) is 0 Å². The van der Waals surface area contributed by atoms with Gasteiger partial charge in [-0.15, -0.1) is 0 Å². The molecule has 1 heterocycles. The molecular formula is C19H20N2O4S. The first-order valence-electron chi connectivity index (χ1n) is 8.66. The summed E-state index contributed by atoms with van der Waals surface area (Å²) in [5, 5.41) is 0. The van der Waals surface area contributed by atoms with Crippen LogP contribution in [0.5, 0.6) is 0 Å². The smallest absolute Gasteiger partial charge is 0.261 e. The van der Waals surface area contributed by atoms with Crippen molar-refractivity contribution >= 4 is 27.3 Å². The third kappa shape index (κ3) is 3.32. The van der Waals surface area contributed by atoms with Crippen LogP contribution in [0.25, 0.3) is 0 Å². The molecule has 0 atom stereocenters. The molecule has 136 valence electrons. The highest BCUT2D eigenvalue weighted by atomic mass is 32.2. The first kappa shape index (κ1) is 17.1. The number of nitrogens with zero attached hydrogens (tertiary/aromatic N) is 1. The Labute approximate surface area is 152 Å². The molecule has 1 saturated heterocycles. The molecule has 26 heavy (non-hydrogen) atoms. The van der Waals surface area contributed by atoms with Gasteiger partial charge in [-0.25, -0.2) is 8.42 Å². The first-order valence-corrected chi connectivity index (χ1v) is 10.1. The Morgan fingerprint density at radius 2 is 1.77 bits per heavy atom. The summed E-state index contributed by atoms with van der Waals surface area (Å²) in [5.74, 6) is -0.0947. The Balaban J connectivity index is 1.52. The van der Waals surface area contributed by atoms with Crippen LogP contribution in [0.15, 0.2) is 47.4 Å². The lowest BCUT2D eigenvalue weighted by molar-refractivity contribution is -0.125. The topological polar surface area (TPSA) is 75.7 Å². The molecule has 1 aliphatic carbocycles. The number of hydrogen-bond donors (Lipinski definition) is 1. The second kappa shape index (κ2) is 6.74. The lowest BCUT2D eigenvalue weighted by Gasteiger charge is -2.26. The van der Waals surface area contributed by atoms with E-state index in [4.69, 9.17) is 4.74 Å². The summed E-state index contributed by atoms with van der Waals surface area (Å²) in [5.41, 5.74) is 3.56. The van der Waals surface area contributed by atoms with Gasteiger partial charge in [-0.05, 0) is 66.8 Å². The van der Waals surface area contributed by atoms with Gasteiger partial charge in [0.25, 0.3) is 15.9 Å². The van der Waals surface area contributed by atoms with Crippen LogP contribution in [0.4, 0.5) is 11.4 Å². The molecule has 1 aliphatic heterocycles. The molecule has 1 amide bonds. The zero-order valence-electron chi connectivity index (χ0n) is 14.3. The maximum atomic E-state index is 12.6. The van der Waals surface area contributed by atoms with Gasteiger partial charge in [0.1, 0.15) is 6.61 Å². The molecule has 0 aromatic heterocycles. The van der Waals surface area contributed by atoms with Crippen molar-refractivity contribution < 1.29 is 17.9 Å². The minimum absolute atomic E-state index is 0.0761. The van der Waals surface area contributed by atoms with Gasteiger partial charge in [-0.1, -0.05) is 6.07 Å². The fraction of sp³-hybridized carbons (Fsp3) is 0.316. The molecule has 0 saturated carbocycles. The average Bonchev–Trinajstić information content (AvgIpc) is 3.10. The van der Waals surface area contributed by atoms with E-state index in [2.05, 4.69) is 4.72 Å². The standard InChI is InChI=1S/C19H20N2O4S/c22-19-13-25-11-10-21(19)17-7-5-16(6-8-17)20-26(23,24)18-9-4-14-2-1-3-15(14)12-18/h4-9,12,20H,1-3,10-11,13H2. The summed E-state index contributed by atoms with van der Waals surface area (Å²) >= 11 is 0. The maximum absolute atomic E-state index is 12.6. The Morgan fingerprint density at radius 3 is 2.54 bits per heavy atom. The van der Waals surface area contributed by atoms with E-state index in [-0.39, 0.29) is 17.4 Å². The quantitative estimate of drug-likeness (QED) is 0.894. The number of carbonyl (C=O) groups is 1. The Bertz CT molecular complexity index is 939. The number of anilines is 2. The lowest BCUT2D eigenvalue weighted by Crippen LogP contribution is -2.41. The van der Waals surface area contributed by atoms with Gasteiger partial charge in [0, 0.05) is 17.9 Å². The molecule has 1 N–H and O–H groups in total. The molecule has 0 unspecified atom stereocenters. The number of rotatable bonds is 4. The fourth-order valence-electron chi connectivity index (χ4n) is 3.43. The van der Waals surface area contributed by atoms with Gasteiger partial charge in [-0.3, -0.25) is 9.52 Å². The molecule has 0 spiro atoms. The highest BCUT2D eigenvalue weighted by Gasteiger charge is 2.21. The summed E-state index contributed by atoms with van der Waals surface area (Å²) in [4.78, 5) is 13.8. The van der Waals surface area contributed by atoms with Crippen LogP contribution in [0.3, 0.4) is 0 Å². The Kier molecular flexibility index (Phi) is 4.42. The van der Waals surface area contributed by atoms with Gasteiger partial charge in [0.15, 0.2) is 0 Å². The monoisotopic (exact) mass is 372 g/mol. The Hall–Kier alpha value is -2.38. The molecule has 2 aromatic rings. The largest absolute Gasteiger partial charge is 0.370 e. The molecule has 0 bridgehead atoms. The third-order valence-corrected chi connectivity index (χ3v) is 6.18. The van der Waals surface area contributed by atoms with E-state index in [0.29, 0.717) is 18.8 Å². The van der Waals surface area contributed by atoms with E-state index in [1.807, 2.05) is 6.07 Å². The average molecular weight is 372 g/mol. The van der Waals surface area contributed by atoms with Crippen molar-refractivity contribution in [2.75, 3.05) is 29.4 Å². The van der Waals surface area contributed by atoms with Crippen LogP contribution in [0.1, 0.15) is 17.5 Å². The molecule has 7 heteroatoms. The number of nitrogens with one attached hydrogen (secondary N) is 1. The highest BCUT2D eigenvalue weighted by molar-refractivity contribution is 7.92. The van der Waals surface area contributed by atoms with E-state index < -0.39 is 10.0 Å². The van der Waals surface area contributed by atoms with E-state index in [9.17, 15) is 13.2 Å². The van der Waals surface area contributed by atoms with Crippen LogP contribution in [0, 0.1) is 0 Å². The number of ether oxygens (including phenoxy) is 1. The van der Waals surface area contributed by atoms with Crippen molar-refractivity contribution in [2.45, 2.75) is 24.2 Å². The molecule has 1 fully saturated rings. The molecule has 6 nitrogen and oxygen atoms in total. The van der Waals surface area contributed by atoms with Crippen molar-refractivity contribution in [3.8, 4) is 0 Å². The van der Waals surface area contributed by atoms with Crippen molar-refractivity contribution in [3.05, 3.63) is 53.6 Å².